The summed E-state index contributed by atoms with van der Waals surface area (Å²) in [5.74, 6) is 4.12. The monoisotopic (exact) mass is 232 g/mol. The number of hydrogen-bond donors (Lipinski definition) is 1. The fourth-order valence-corrected chi connectivity index (χ4v) is 2.44. The largest absolute Gasteiger partial charge is 0.361 e. The Morgan fingerprint density at radius 3 is 2.75 bits per heavy atom. The molecule has 0 aliphatic rings. The van der Waals surface area contributed by atoms with Crippen LogP contribution < -0.4 is 10.2 Å². The van der Waals surface area contributed by atoms with Gasteiger partial charge in [0.1, 0.15) is 5.52 Å². The van der Waals surface area contributed by atoms with Crippen LogP contribution in [0.15, 0.2) is 5.38 Å². The minimum atomic E-state index is 0.589. The van der Waals surface area contributed by atoms with Crippen molar-refractivity contribution in [3.05, 3.63) is 10.9 Å². The topological polar surface area (TPSA) is 41.1 Å². The molecule has 82 valence electrons. The van der Waals surface area contributed by atoms with Gasteiger partial charge in [0.2, 0.25) is 5.95 Å². The molecule has 0 aliphatic carbocycles. The molecule has 1 N–H and O–H groups in total. The number of aromatic nitrogens is 2. The lowest BCUT2D eigenvalue weighted by Crippen LogP contribution is -2.12. The van der Waals surface area contributed by atoms with E-state index in [4.69, 9.17) is 6.42 Å². The van der Waals surface area contributed by atoms with Gasteiger partial charge in [-0.15, -0.1) is 17.8 Å². The second-order valence-corrected chi connectivity index (χ2v) is 4.37. The SMILES string of the molecule is C#Cc1csc2c(N(C)C)nc(NC)nc12. The quantitative estimate of drug-likeness (QED) is 0.801. The summed E-state index contributed by atoms with van der Waals surface area (Å²) in [4.78, 5) is 10.8. The van der Waals surface area contributed by atoms with Crippen LogP contribution in [-0.2, 0) is 0 Å². The van der Waals surface area contributed by atoms with Crippen molar-refractivity contribution in [3.63, 3.8) is 0 Å². The van der Waals surface area contributed by atoms with Crippen molar-refractivity contribution in [1.29, 1.82) is 0 Å². The molecule has 0 spiro atoms. The van der Waals surface area contributed by atoms with E-state index in [0.29, 0.717) is 5.95 Å². The standard InChI is InChI=1S/C11H12N4S/c1-5-7-6-16-9-8(7)13-11(12-2)14-10(9)15(3)4/h1,6H,2-4H3,(H,12,13,14). The van der Waals surface area contributed by atoms with E-state index in [2.05, 4.69) is 21.2 Å². The zero-order valence-corrected chi connectivity index (χ0v) is 10.2. The number of hydrogen-bond acceptors (Lipinski definition) is 5. The Labute approximate surface area is 98.3 Å². The van der Waals surface area contributed by atoms with Crippen LogP contribution in [-0.4, -0.2) is 31.1 Å². The fourth-order valence-electron chi connectivity index (χ4n) is 1.42. The molecule has 16 heavy (non-hydrogen) atoms. The summed E-state index contributed by atoms with van der Waals surface area (Å²) >= 11 is 1.58. The third-order valence-electron chi connectivity index (χ3n) is 2.20. The van der Waals surface area contributed by atoms with Crippen LogP contribution in [0.3, 0.4) is 0 Å². The maximum atomic E-state index is 5.44. The molecule has 0 saturated carbocycles. The zero-order valence-electron chi connectivity index (χ0n) is 9.40. The molecule has 2 rings (SSSR count). The van der Waals surface area contributed by atoms with Gasteiger partial charge in [0, 0.05) is 26.5 Å². The Hall–Kier alpha value is -1.80. The summed E-state index contributed by atoms with van der Waals surface area (Å²) in [7, 11) is 5.70. The number of thiophene rings is 1. The van der Waals surface area contributed by atoms with Gasteiger partial charge in [0.05, 0.1) is 10.3 Å². The summed E-state index contributed by atoms with van der Waals surface area (Å²) in [6.45, 7) is 0. The van der Waals surface area contributed by atoms with Gasteiger partial charge in [0.15, 0.2) is 5.82 Å². The van der Waals surface area contributed by atoms with Gasteiger partial charge in [-0.2, -0.15) is 4.98 Å². The van der Waals surface area contributed by atoms with Crippen LogP contribution in [0, 0.1) is 12.3 Å². The summed E-state index contributed by atoms with van der Waals surface area (Å²) in [6.07, 6.45) is 5.44. The molecular formula is C11H12N4S. The second-order valence-electron chi connectivity index (χ2n) is 3.49. The highest BCUT2D eigenvalue weighted by molar-refractivity contribution is 7.18. The Morgan fingerprint density at radius 1 is 1.44 bits per heavy atom. The van der Waals surface area contributed by atoms with Gasteiger partial charge in [-0.05, 0) is 0 Å². The fraction of sp³-hybridized carbons (Fsp3) is 0.273. The van der Waals surface area contributed by atoms with Crippen molar-refractivity contribution >= 4 is 33.3 Å². The molecule has 5 heteroatoms. The molecule has 4 nitrogen and oxygen atoms in total. The number of nitrogens with one attached hydrogen (secondary N) is 1. The minimum Gasteiger partial charge on any atom is -0.361 e. The van der Waals surface area contributed by atoms with E-state index in [1.54, 1.807) is 18.4 Å². The van der Waals surface area contributed by atoms with Gasteiger partial charge in [-0.25, -0.2) is 4.98 Å². The lowest BCUT2D eigenvalue weighted by atomic mass is 10.3. The average Bonchev–Trinajstić information content (AvgIpc) is 2.69. The van der Waals surface area contributed by atoms with Crippen molar-refractivity contribution in [3.8, 4) is 12.3 Å². The Balaban J connectivity index is 2.80. The smallest absolute Gasteiger partial charge is 0.225 e. The Morgan fingerprint density at radius 2 is 2.19 bits per heavy atom. The van der Waals surface area contributed by atoms with Gasteiger partial charge in [-0.3, -0.25) is 0 Å². The number of fused-ring (bicyclic) bond motifs is 1. The molecule has 2 aromatic heterocycles. The van der Waals surface area contributed by atoms with E-state index < -0.39 is 0 Å². The zero-order chi connectivity index (χ0) is 11.7. The molecule has 0 radical (unpaired) electrons. The van der Waals surface area contributed by atoms with Crippen molar-refractivity contribution in [2.75, 3.05) is 31.4 Å². The predicted molar refractivity (Wildman–Crippen MR) is 69.2 cm³/mol. The van der Waals surface area contributed by atoms with E-state index in [-0.39, 0.29) is 0 Å². The maximum absolute atomic E-state index is 5.44. The van der Waals surface area contributed by atoms with E-state index in [1.165, 1.54) is 0 Å². The highest BCUT2D eigenvalue weighted by atomic mass is 32.1. The van der Waals surface area contributed by atoms with Crippen molar-refractivity contribution < 1.29 is 0 Å². The first-order valence-electron chi connectivity index (χ1n) is 4.78. The number of rotatable bonds is 2. The van der Waals surface area contributed by atoms with Gasteiger partial charge in [-0.1, -0.05) is 5.92 Å². The van der Waals surface area contributed by atoms with Gasteiger partial charge in [0.25, 0.3) is 0 Å². The minimum absolute atomic E-state index is 0.589. The first-order chi connectivity index (χ1) is 7.67. The first-order valence-corrected chi connectivity index (χ1v) is 5.66. The molecule has 0 unspecified atom stereocenters. The van der Waals surface area contributed by atoms with Gasteiger partial charge < -0.3 is 10.2 Å². The lowest BCUT2D eigenvalue weighted by Gasteiger charge is -2.13. The summed E-state index contributed by atoms with van der Waals surface area (Å²) in [5.41, 5.74) is 1.66. The second kappa shape index (κ2) is 3.99. The summed E-state index contributed by atoms with van der Waals surface area (Å²) < 4.78 is 1.02. The van der Waals surface area contributed by atoms with Crippen LogP contribution in [0.2, 0.25) is 0 Å². The van der Waals surface area contributed by atoms with Crippen LogP contribution >= 0.6 is 11.3 Å². The van der Waals surface area contributed by atoms with E-state index in [1.807, 2.05) is 24.4 Å². The lowest BCUT2D eigenvalue weighted by molar-refractivity contribution is 1.06. The van der Waals surface area contributed by atoms with E-state index in [9.17, 15) is 0 Å². The Kier molecular flexibility index (Phi) is 2.67. The maximum Gasteiger partial charge on any atom is 0.225 e. The van der Waals surface area contributed by atoms with Crippen LogP contribution in [0.25, 0.3) is 10.2 Å². The molecular weight excluding hydrogens is 220 g/mol. The Bertz CT molecular complexity index is 565. The molecule has 0 amide bonds. The van der Waals surface area contributed by atoms with Gasteiger partial charge >= 0.3 is 0 Å². The van der Waals surface area contributed by atoms with Crippen LogP contribution in [0.4, 0.5) is 11.8 Å². The summed E-state index contributed by atoms with van der Waals surface area (Å²) in [5, 5.41) is 4.88. The molecule has 2 heterocycles. The average molecular weight is 232 g/mol. The van der Waals surface area contributed by atoms with Crippen LogP contribution in [0.5, 0.6) is 0 Å². The number of terminal acetylenes is 1. The predicted octanol–water partition coefficient (Wildman–Crippen LogP) is 1.78. The highest BCUT2D eigenvalue weighted by Crippen LogP contribution is 2.31. The van der Waals surface area contributed by atoms with Crippen molar-refractivity contribution in [2.45, 2.75) is 0 Å². The van der Waals surface area contributed by atoms with E-state index in [0.717, 1.165) is 21.6 Å². The molecule has 2 aromatic rings. The third-order valence-corrected chi connectivity index (χ3v) is 3.17. The highest BCUT2D eigenvalue weighted by Gasteiger charge is 2.13. The van der Waals surface area contributed by atoms with E-state index >= 15 is 0 Å². The molecule has 0 aliphatic heterocycles. The number of anilines is 2. The molecule has 0 fully saturated rings. The van der Waals surface area contributed by atoms with Crippen LogP contribution in [0.1, 0.15) is 5.56 Å². The molecule has 0 aromatic carbocycles. The first kappa shape index (κ1) is 10.7. The molecule has 0 saturated heterocycles. The third kappa shape index (κ3) is 1.57. The normalized spacial score (nSPS) is 10.1. The van der Waals surface area contributed by atoms with Crippen molar-refractivity contribution in [1.82, 2.24) is 9.97 Å². The number of nitrogens with zero attached hydrogens (tertiary/aromatic N) is 3. The van der Waals surface area contributed by atoms with Crippen molar-refractivity contribution in [2.24, 2.45) is 0 Å². The molecule has 0 bridgehead atoms. The molecule has 0 atom stereocenters. The summed E-state index contributed by atoms with van der Waals surface area (Å²) in [6, 6.07) is 0.